The van der Waals surface area contributed by atoms with Crippen LogP contribution >= 0.6 is 0 Å². The predicted octanol–water partition coefficient (Wildman–Crippen LogP) is 0.830. The molecule has 4 amide bonds. The standard InChI is InChI=1S/C34H46N8O5/c1-24(2)32-34(46)36-29(20-25-9-6-5-7-10-25)33(45)35-14-16-41(23-31(44)40(3)4)15-13-27-22-42(39-38-27)17-18-47-28-12-8-11-26(19-28)21-30(43)37-32/h5-12,19,22,24,29,32H,13-18,20-21,23H2,1-4H3,(H,35,45)(H,36,46)(H,37,43)/t29-,32+/m0/s1. The lowest BCUT2D eigenvalue weighted by Crippen LogP contribution is -2.56. The van der Waals surface area contributed by atoms with E-state index in [0.717, 1.165) is 16.8 Å². The highest BCUT2D eigenvalue weighted by Gasteiger charge is 2.29. The number of nitrogens with one attached hydrogen (secondary N) is 3. The van der Waals surface area contributed by atoms with Gasteiger partial charge in [-0.05, 0) is 29.2 Å². The van der Waals surface area contributed by atoms with Gasteiger partial charge in [0.25, 0.3) is 0 Å². The van der Waals surface area contributed by atoms with E-state index in [0.29, 0.717) is 38.4 Å². The summed E-state index contributed by atoms with van der Waals surface area (Å²) in [6.45, 7) is 5.87. The first-order valence-electron chi connectivity index (χ1n) is 16.0. The van der Waals surface area contributed by atoms with E-state index >= 15 is 0 Å². The third kappa shape index (κ3) is 11.2. The fraction of sp³-hybridized carbons (Fsp3) is 0.471. The maximum Gasteiger partial charge on any atom is 0.243 e. The van der Waals surface area contributed by atoms with Gasteiger partial charge in [0.2, 0.25) is 23.6 Å². The van der Waals surface area contributed by atoms with Crippen molar-refractivity contribution >= 4 is 23.6 Å². The summed E-state index contributed by atoms with van der Waals surface area (Å²) in [7, 11) is 3.41. The Hall–Kier alpha value is -4.78. The van der Waals surface area contributed by atoms with Crippen LogP contribution in [0.2, 0.25) is 0 Å². The fourth-order valence-corrected chi connectivity index (χ4v) is 5.17. The molecule has 0 aliphatic carbocycles. The number of amides is 4. The summed E-state index contributed by atoms with van der Waals surface area (Å²) in [6.07, 6.45) is 2.74. The molecular weight excluding hydrogens is 600 g/mol. The fourth-order valence-electron chi connectivity index (χ4n) is 5.17. The van der Waals surface area contributed by atoms with Gasteiger partial charge in [0.05, 0.1) is 25.2 Å². The van der Waals surface area contributed by atoms with Gasteiger partial charge in [0.15, 0.2) is 0 Å². The van der Waals surface area contributed by atoms with Crippen LogP contribution in [0.3, 0.4) is 0 Å². The summed E-state index contributed by atoms with van der Waals surface area (Å²) in [6, 6.07) is 15.0. The summed E-state index contributed by atoms with van der Waals surface area (Å²) in [5.74, 6) is -0.791. The van der Waals surface area contributed by atoms with Gasteiger partial charge >= 0.3 is 0 Å². The van der Waals surface area contributed by atoms with Crippen molar-refractivity contribution in [1.29, 1.82) is 0 Å². The van der Waals surface area contributed by atoms with Crippen LogP contribution in [0.4, 0.5) is 0 Å². The summed E-state index contributed by atoms with van der Waals surface area (Å²) in [5, 5.41) is 17.2. The first-order valence-corrected chi connectivity index (χ1v) is 16.0. The number of carbonyl (C=O) groups is 4. The number of fused-ring (bicyclic) bond motifs is 4. The Balaban J connectivity index is 1.57. The molecule has 0 radical (unpaired) electrons. The van der Waals surface area contributed by atoms with E-state index in [2.05, 4.69) is 26.3 Å². The van der Waals surface area contributed by atoms with E-state index in [4.69, 9.17) is 4.74 Å². The number of nitrogens with zero attached hydrogens (tertiary/aromatic N) is 5. The number of carbonyl (C=O) groups excluding carboxylic acids is 4. The van der Waals surface area contributed by atoms with Crippen molar-refractivity contribution in [3.05, 3.63) is 77.6 Å². The molecule has 1 aliphatic heterocycles. The van der Waals surface area contributed by atoms with E-state index in [-0.39, 0.29) is 49.6 Å². The first-order chi connectivity index (χ1) is 22.6. The maximum absolute atomic E-state index is 13.6. The average Bonchev–Trinajstić information content (AvgIpc) is 3.49. The van der Waals surface area contributed by atoms with Crippen molar-refractivity contribution in [2.45, 2.75) is 51.7 Å². The van der Waals surface area contributed by atoms with Crippen LogP contribution in [-0.4, -0.2) is 107 Å². The largest absolute Gasteiger partial charge is 0.492 e. The van der Waals surface area contributed by atoms with E-state index in [1.807, 2.05) is 73.5 Å². The normalized spacial score (nSPS) is 19.2. The highest BCUT2D eigenvalue weighted by molar-refractivity contribution is 5.92. The molecule has 0 saturated heterocycles. The van der Waals surface area contributed by atoms with Crippen molar-refractivity contribution in [3.8, 4) is 5.75 Å². The van der Waals surface area contributed by atoms with Gasteiger partial charge in [0, 0.05) is 52.8 Å². The zero-order valence-corrected chi connectivity index (χ0v) is 27.6. The topological polar surface area (TPSA) is 151 Å². The van der Waals surface area contributed by atoms with E-state index < -0.39 is 18.0 Å². The maximum atomic E-state index is 13.6. The Bertz CT molecular complexity index is 1490. The predicted molar refractivity (Wildman–Crippen MR) is 176 cm³/mol. The van der Waals surface area contributed by atoms with Crippen LogP contribution in [-0.2, 0) is 45.0 Å². The minimum Gasteiger partial charge on any atom is -0.492 e. The van der Waals surface area contributed by atoms with Crippen LogP contribution in [0.25, 0.3) is 0 Å². The van der Waals surface area contributed by atoms with Gasteiger partial charge in [-0.25, -0.2) is 4.68 Å². The van der Waals surface area contributed by atoms with Gasteiger partial charge in [-0.3, -0.25) is 24.1 Å². The first kappa shape index (κ1) is 35.1. The molecular formula is C34H46N8O5. The van der Waals surface area contributed by atoms with E-state index in [9.17, 15) is 19.2 Å². The Morgan fingerprint density at radius 2 is 1.79 bits per heavy atom. The number of ether oxygens (including phenoxy) is 1. The second-order valence-electron chi connectivity index (χ2n) is 12.3. The SMILES string of the molecule is CC(C)[C@H]1NC(=O)Cc2cccc(c2)OCCn2cc(nn2)CCN(CC(=O)N(C)C)CCNC(=O)[C@H](Cc2ccccc2)NC1=O. The lowest BCUT2D eigenvalue weighted by molar-refractivity contribution is -0.132. The van der Waals surface area contributed by atoms with Crippen molar-refractivity contribution in [1.82, 2.24) is 40.7 Å². The van der Waals surface area contributed by atoms with E-state index in [1.165, 1.54) is 4.90 Å². The van der Waals surface area contributed by atoms with Crippen LogP contribution in [0.1, 0.15) is 30.7 Å². The zero-order chi connectivity index (χ0) is 33.8. The molecule has 3 aromatic rings. The molecule has 2 atom stereocenters. The highest BCUT2D eigenvalue weighted by Crippen LogP contribution is 2.15. The Labute approximate surface area is 276 Å². The van der Waals surface area contributed by atoms with Gasteiger partial charge in [-0.15, -0.1) is 5.10 Å². The Morgan fingerprint density at radius 1 is 1.00 bits per heavy atom. The second-order valence-corrected chi connectivity index (χ2v) is 12.3. The molecule has 4 bridgehead atoms. The van der Waals surface area contributed by atoms with Crippen LogP contribution in [0.5, 0.6) is 5.75 Å². The number of rotatable bonds is 5. The molecule has 13 heteroatoms. The van der Waals surface area contributed by atoms with Crippen molar-refractivity contribution in [3.63, 3.8) is 0 Å². The summed E-state index contributed by atoms with van der Waals surface area (Å²) in [5.41, 5.74) is 2.39. The summed E-state index contributed by atoms with van der Waals surface area (Å²) in [4.78, 5) is 56.4. The minimum atomic E-state index is -0.884. The molecule has 0 unspecified atom stereocenters. The molecule has 0 spiro atoms. The van der Waals surface area contributed by atoms with Crippen LogP contribution in [0, 0.1) is 5.92 Å². The molecule has 1 aromatic heterocycles. The smallest absolute Gasteiger partial charge is 0.243 e. The highest BCUT2D eigenvalue weighted by atomic mass is 16.5. The quantitative estimate of drug-likeness (QED) is 0.369. The second kappa shape index (κ2) is 17.2. The monoisotopic (exact) mass is 646 g/mol. The Kier molecular flexibility index (Phi) is 12.9. The molecule has 3 N–H and O–H groups in total. The van der Waals surface area contributed by atoms with Crippen molar-refractivity contribution < 1.29 is 23.9 Å². The number of hydrogen-bond donors (Lipinski definition) is 3. The average molecular weight is 647 g/mol. The molecule has 252 valence electrons. The van der Waals surface area contributed by atoms with Gasteiger partial charge in [-0.2, -0.15) is 0 Å². The van der Waals surface area contributed by atoms with Crippen LogP contribution in [0.15, 0.2) is 60.8 Å². The summed E-state index contributed by atoms with van der Waals surface area (Å²) < 4.78 is 7.64. The molecule has 2 heterocycles. The van der Waals surface area contributed by atoms with Gasteiger partial charge in [0.1, 0.15) is 24.4 Å². The number of hydrogen-bond acceptors (Lipinski definition) is 8. The molecule has 2 aromatic carbocycles. The lowest BCUT2D eigenvalue weighted by Gasteiger charge is -2.26. The van der Waals surface area contributed by atoms with Crippen molar-refractivity contribution in [2.24, 2.45) is 5.92 Å². The number of benzene rings is 2. The molecule has 13 nitrogen and oxygen atoms in total. The summed E-state index contributed by atoms with van der Waals surface area (Å²) >= 11 is 0. The molecule has 0 saturated carbocycles. The third-order valence-corrected chi connectivity index (χ3v) is 7.89. The van der Waals surface area contributed by atoms with E-state index in [1.54, 1.807) is 24.8 Å². The Morgan fingerprint density at radius 3 is 2.53 bits per heavy atom. The third-order valence-electron chi connectivity index (χ3n) is 7.89. The van der Waals surface area contributed by atoms with Crippen molar-refractivity contribution in [2.75, 3.05) is 46.9 Å². The molecule has 0 fully saturated rings. The molecule has 4 rings (SSSR count). The number of likely N-dealkylation sites (N-methyl/N-ethyl adjacent to an activating group) is 1. The van der Waals surface area contributed by atoms with Gasteiger partial charge in [-0.1, -0.05) is 61.5 Å². The number of aromatic nitrogens is 3. The lowest BCUT2D eigenvalue weighted by atomic mass is 10.0. The zero-order valence-electron chi connectivity index (χ0n) is 27.6. The van der Waals surface area contributed by atoms with Crippen LogP contribution < -0.4 is 20.7 Å². The van der Waals surface area contributed by atoms with Gasteiger partial charge < -0.3 is 25.6 Å². The molecule has 47 heavy (non-hydrogen) atoms. The minimum absolute atomic E-state index is 0.0564. The molecule has 1 aliphatic rings.